The molecule has 1 saturated carbocycles. The molecule has 1 heteroatoms. The first-order valence-corrected chi connectivity index (χ1v) is 4.96. The zero-order valence-corrected chi connectivity index (χ0v) is 7.71. The maximum absolute atomic E-state index is 9.67. The normalized spacial score (nSPS) is 39.0. The molecule has 0 spiro atoms. The number of hydrogen-bond acceptors (Lipinski definition) is 1. The van der Waals surface area contributed by atoms with Gasteiger partial charge in [0, 0.05) is 0 Å². The van der Waals surface area contributed by atoms with Crippen LogP contribution in [0.4, 0.5) is 0 Å². The third kappa shape index (κ3) is 2.19. The predicted octanol–water partition coefficient (Wildman–Crippen LogP) is 2.58. The van der Waals surface area contributed by atoms with Gasteiger partial charge in [-0.05, 0) is 24.7 Å². The Balaban J connectivity index is 2.34. The molecule has 3 unspecified atom stereocenters. The van der Waals surface area contributed by atoms with Gasteiger partial charge in [0.05, 0.1) is 6.10 Å². The van der Waals surface area contributed by atoms with Crippen LogP contribution in [0, 0.1) is 11.8 Å². The number of rotatable bonds is 2. The minimum absolute atomic E-state index is 0.00120. The van der Waals surface area contributed by atoms with E-state index >= 15 is 0 Å². The van der Waals surface area contributed by atoms with Crippen molar-refractivity contribution in [1.82, 2.24) is 0 Å². The molecule has 0 aliphatic heterocycles. The number of hydrogen-bond donors (Lipinski definition) is 1. The standard InChI is InChI=1S/C10H20O/c1-3-8-5-6-9(4-2)10(11)7-8/h8-11H,3-7H2,1-2H3. The first kappa shape index (κ1) is 9.05. The Bertz CT molecular complexity index is 111. The molecule has 0 radical (unpaired) electrons. The molecule has 66 valence electrons. The monoisotopic (exact) mass is 156 g/mol. The molecule has 1 fully saturated rings. The van der Waals surface area contributed by atoms with Gasteiger partial charge in [-0.2, -0.15) is 0 Å². The minimum atomic E-state index is -0.00120. The molecule has 1 nitrogen and oxygen atoms in total. The van der Waals surface area contributed by atoms with Gasteiger partial charge < -0.3 is 5.11 Å². The molecule has 11 heavy (non-hydrogen) atoms. The van der Waals surface area contributed by atoms with Crippen LogP contribution in [0.5, 0.6) is 0 Å². The summed E-state index contributed by atoms with van der Waals surface area (Å²) < 4.78 is 0. The molecule has 1 N–H and O–H groups in total. The van der Waals surface area contributed by atoms with Crippen LogP contribution in [-0.2, 0) is 0 Å². The molecule has 0 amide bonds. The number of aliphatic hydroxyl groups excluding tert-OH is 1. The molecule has 0 aromatic carbocycles. The Labute approximate surface area is 69.8 Å². The zero-order valence-electron chi connectivity index (χ0n) is 7.71. The van der Waals surface area contributed by atoms with E-state index < -0.39 is 0 Å². The summed E-state index contributed by atoms with van der Waals surface area (Å²) in [6.07, 6.45) is 6.03. The Morgan fingerprint density at radius 2 is 1.91 bits per heavy atom. The highest BCUT2D eigenvalue weighted by Gasteiger charge is 2.26. The van der Waals surface area contributed by atoms with Crippen LogP contribution in [0.15, 0.2) is 0 Å². The Hall–Kier alpha value is -0.0400. The average molecular weight is 156 g/mol. The van der Waals surface area contributed by atoms with E-state index in [1.54, 1.807) is 0 Å². The van der Waals surface area contributed by atoms with Crippen molar-refractivity contribution < 1.29 is 5.11 Å². The van der Waals surface area contributed by atoms with Crippen molar-refractivity contribution in [3.8, 4) is 0 Å². The summed E-state index contributed by atoms with van der Waals surface area (Å²) in [6, 6.07) is 0. The quantitative estimate of drug-likeness (QED) is 0.651. The second kappa shape index (κ2) is 4.10. The van der Waals surface area contributed by atoms with Crippen molar-refractivity contribution in [3.63, 3.8) is 0 Å². The van der Waals surface area contributed by atoms with Crippen molar-refractivity contribution >= 4 is 0 Å². The molecule has 1 rings (SSSR count). The summed E-state index contributed by atoms with van der Waals surface area (Å²) in [5.74, 6) is 1.39. The number of aliphatic hydroxyl groups is 1. The molecule has 0 aromatic rings. The molecule has 3 atom stereocenters. The van der Waals surface area contributed by atoms with E-state index in [1.807, 2.05) is 0 Å². The van der Waals surface area contributed by atoms with E-state index in [9.17, 15) is 5.11 Å². The van der Waals surface area contributed by atoms with Gasteiger partial charge in [0.15, 0.2) is 0 Å². The van der Waals surface area contributed by atoms with Gasteiger partial charge in [-0.25, -0.2) is 0 Å². The molecular weight excluding hydrogens is 136 g/mol. The Morgan fingerprint density at radius 1 is 1.18 bits per heavy atom. The van der Waals surface area contributed by atoms with Gasteiger partial charge in [0.25, 0.3) is 0 Å². The Kier molecular flexibility index (Phi) is 3.38. The highest BCUT2D eigenvalue weighted by molar-refractivity contribution is 4.78. The first-order chi connectivity index (χ1) is 5.27. The van der Waals surface area contributed by atoms with Crippen LogP contribution in [-0.4, -0.2) is 11.2 Å². The lowest BCUT2D eigenvalue weighted by molar-refractivity contribution is 0.0421. The third-order valence-electron chi connectivity index (χ3n) is 3.17. The Morgan fingerprint density at radius 3 is 2.36 bits per heavy atom. The van der Waals surface area contributed by atoms with Crippen LogP contribution >= 0.6 is 0 Å². The zero-order chi connectivity index (χ0) is 8.27. The lowest BCUT2D eigenvalue weighted by Crippen LogP contribution is -2.28. The smallest absolute Gasteiger partial charge is 0.0570 e. The van der Waals surface area contributed by atoms with Crippen LogP contribution in [0.2, 0.25) is 0 Å². The van der Waals surface area contributed by atoms with Crippen molar-refractivity contribution in [2.45, 2.75) is 52.1 Å². The van der Waals surface area contributed by atoms with E-state index in [0.717, 1.165) is 18.8 Å². The molecule has 1 aliphatic carbocycles. The second-order valence-corrected chi connectivity index (χ2v) is 3.82. The largest absolute Gasteiger partial charge is 0.393 e. The fraction of sp³-hybridized carbons (Fsp3) is 1.00. The van der Waals surface area contributed by atoms with E-state index in [1.165, 1.54) is 19.3 Å². The van der Waals surface area contributed by atoms with Gasteiger partial charge in [0.2, 0.25) is 0 Å². The highest BCUT2D eigenvalue weighted by atomic mass is 16.3. The predicted molar refractivity (Wildman–Crippen MR) is 47.4 cm³/mol. The van der Waals surface area contributed by atoms with Gasteiger partial charge in [-0.1, -0.05) is 33.1 Å². The maximum atomic E-state index is 9.67. The lowest BCUT2D eigenvalue weighted by Gasteiger charge is -2.31. The van der Waals surface area contributed by atoms with Gasteiger partial charge >= 0.3 is 0 Å². The van der Waals surface area contributed by atoms with Crippen LogP contribution in [0.1, 0.15) is 46.0 Å². The summed E-state index contributed by atoms with van der Waals surface area (Å²) in [4.78, 5) is 0. The summed E-state index contributed by atoms with van der Waals surface area (Å²) in [5, 5.41) is 9.67. The maximum Gasteiger partial charge on any atom is 0.0570 e. The topological polar surface area (TPSA) is 20.2 Å². The summed E-state index contributed by atoms with van der Waals surface area (Å²) in [6.45, 7) is 4.41. The highest BCUT2D eigenvalue weighted by Crippen LogP contribution is 2.32. The SMILES string of the molecule is CCC1CCC(CC)C(O)C1. The minimum Gasteiger partial charge on any atom is -0.393 e. The van der Waals surface area contributed by atoms with Gasteiger partial charge in [-0.3, -0.25) is 0 Å². The summed E-state index contributed by atoms with van der Waals surface area (Å²) in [7, 11) is 0. The molecule has 0 aromatic heterocycles. The lowest BCUT2D eigenvalue weighted by atomic mass is 9.78. The van der Waals surface area contributed by atoms with E-state index in [4.69, 9.17) is 0 Å². The van der Waals surface area contributed by atoms with Crippen molar-refractivity contribution in [3.05, 3.63) is 0 Å². The van der Waals surface area contributed by atoms with Crippen LogP contribution < -0.4 is 0 Å². The van der Waals surface area contributed by atoms with Crippen LogP contribution in [0.3, 0.4) is 0 Å². The van der Waals surface area contributed by atoms with Crippen molar-refractivity contribution in [2.24, 2.45) is 11.8 Å². The van der Waals surface area contributed by atoms with Crippen molar-refractivity contribution in [1.29, 1.82) is 0 Å². The average Bonchev–Trinajstić information content (AvgIpc) is 2.04. The fourth-order valence-electron chi connectivity index (χ4n) is 2.14. The fourth-order valence-corrected chi connectivity index (χ4v) is 2.14. The third-order valence-corrected chi connectivity index (χ3v) is 3.17. The molecule has 0 saturated heterocycles. The molecule has 0 bridgehead atoms. The summed E-state index contributed by atoms with van der Waals surface area (Å²) >= 11 is 0. The van der Waals surface area contributed by atoms with Crippen LogP contribution in [0.25, 0.3) is 0 Å². The molecule has 0 heterocycles. The van der Waals surface area contributed by atoms with E-state index in [0.29, 0.717) is 5.92 Å². The van der Waals surface area contributed by atoms with Crippen molar-refractivity contribution in [2.75, 3.05) is 0 Å². The van der Waals surface area contributed by atoms with Gasteiger partial charge in [-0.15, -0.1) is 0 Å². The second-order valence-electron chi connectivity index (χ2n) is 3.82. The van der Waals surface area contributed by atoms with Gasteiger partial charge in [0.1, 0.15) is 0 Å². The van der Waals surface area contributed by atoms with E-state index in [2.05, 4.69) is 13.8 Å². The molecular formula is C10H20O. The van der Waals surface area contributed by atoms with E-state index in [-0.39, 0.29) is 6.10 Å². The molecule has 1 aliphatic rings. The summed E-state index contributed by atoms with van der Waals surface area (Å²) in [5.41, 5.74) is 0. The first-order valence-electron chi connectivity index (χ1n) is 4.96.